The van der Waals surface area contributed by atoms with Crippen LogP contribution in [0, 0.1) is 11.3 Å². The third kappa shape index (κ3) is 4.61. The molecule has 1 N–H and O–H groups in total. The van der Waals surface area contributed by atoms with Gasteiger partial charge in [-0.05, 0) is 68.6 Å². The van der Waals surface area contributed by atoms with Crippen molar-refractivity contribution < 1.29 is 4.74 Å². The molecule has 0 saturated carbocycles. The number of piperazine rings is 1. The minimum Gasteiger partial charge on any atom is -0.491 e. The van der Waals surface area contributed by atoms with Crippen molar-refractivity contribution in [1.82, 2.24) is 9.88 Å². The van der Waals surface area contributed by atoms with Crippen molar-refractivity contribution in [2.24, 2.45) is 0 Å². The highest BCUT2D eigenvalue weighted by atomic mass is 79.9. The number of ether oxygens (including phenoxy) is 1. The van der Waals surface area contributed by atoms with Crippen LogP contribution in [0.3, 0.4) is 0 Å². The molecule has 0 atom stereocenters. The van der Waals surface area contributed by atoms with Gasteiger partial charge < -0.3 is 14.6 Å². The molecule has 150 valence electrons. The van der Waals surface area contributed by atoms with E-state index in [9.17, 15) is 0 Å². The standard InChI is InChI=1S/C22H22Br2N4O/c23-18-13-16(15-25)14-19(24)22(18)29-12-2-7-27-8-10-28(11-9-27)21-4-1-3-20-17(21)5-6-26-20/h1,3-6,13-14,26H,2,7-12H2. The normalized spacial score (nSPS) is 14.9. The first kappa shape index (κ1) is 20.3. The molecule has 1 aliphatic heterocycles. The first-order chi connectivity index (χ1) is 14.2. The Balaban J connectivity index is 1.25. The lowest BCUT2D eigenvalue weighted by Gasteiger charge is -2.36. The number of nitrogens with zero attached hydrogens (tertiary/aromatic N) is 3. The monoisotopic (exact) mass is 516 g/mol. The maximum absolute atomic E-state index is 9.03. The van der Waals surface area contributed by atoms with E-state index < -0.39 is 0 Å². The van der Waals surface area contributed by atoms with E-state index in [-0.39, 0.29) is 0 Å². The van der Waals surface area contributed by atoms with Gasteiger partial charge in [0, 0.05) is 55.5 Å². The maximum Gasteiger partial charge on any atom is 0.147 e. The Labute approximate surface area is 187 Å². The second kappa shape index (κ2) is 9.21. The highest BCUT2D eigenvalue weighted by molar-refractivity contribution is 9.11. The largest absolute Gasteiger partial charge is 0.491 e. The summed E-state index contributed by atoms with van der Waals surface area (Å²) in [6.07, 6.45) is 2.97. The highest BCUT2D eigenvalue weighted by Gasteiger charge is 2.18. The van der Waals surface area contributed by atoms with E-state index in [0.29, 0.717) is 12.2 Å². The predicted molar refractivity (Wildman–Crippen MR) is 124 cm³/mol. The summed E-state index contributed by atoms with van der Waals surface area (Å²) < 4.78 is 7.55. The molecule has 4 rings (SSSR count). The third-order valence-corrected chi connectivity index (χ3v) is 6.46. The minimum absolute atomic E-state index is 0.601. The highest BCUT2D eigenvalue weighted by Crippen LogP contribution is 2.34. The van der Waals surface area contributed by atoms with Crippen LogP contribution in [0.15, 0.2) is 51.5 Å². The molecule has 5 nitrogen and oxygen atoms in total. The number of fused-ring (bicyclic) bond motifs is 1. The number of aromatic amines is 1. The smallest absolute Gasteiger partial charge is 0.147 e. The zero-order valence-electron chi connectivity index (χ0n) is 16.0. The number of H-pyrrole nitrogens is 1. The molecular weight excluding hydrogens is 496 g/mol. The Kier molecular flexibility index (Phi) is 6.43. The van der Waals surface area contributed by atoms with Crippen LogP contribution in [-0.2, 0) is 0 Å². The van der Waals surface area contributed by atoms with Crippen molar-refractivity contribution in [3.05, 3.63) is 57.1 Å². The Bertz CT molecular complexity index is 1010. The predicted octanol–water partition coefficient (Wildman–Crippen LogP) is 5.16. The molecule has 0 radical (unpaired) electrons. The quantitative estimate of drug-likeness (QED) is 0.459. The molecule has 3 aromatic rings. The van der Waals surface area contributed by atoms with Crippen LogP contribution in [-0.4, -0.2) is 49.2 Å². The van der Waals surface area contributed by atoms with E-state index in [2.05, 4.69) is 77.0 Å². The summed E-state index contributed by atoms with van der Waals surface area (Å²) in [6.45, 7) is 5.87. The molecule has 29 heavy (non-hydrogen) atoms. The SMILES string of the molecule is N#Cc1cc(Br)c(OCCCN2CCN(c3cccc4[nH]ccc34)CC2)c(Br)c1. The fourth-order valence-corrected chi connectivity index (χ4v) is 5.20. The van der Waals surface area contributed by atoms with Crippen molar-refractivity contribution in [2.75, 3.05) is 44.2 Å². The lowest BCUT2D eigenvalue weighted by atomic mass is 10.1. The molecule has 7 heteroatoms. The first-order valence-electron chi connectivity index (χ1n) is 9.71. The number of rotatable bonds is 6. The Morgan fingerprint density at radius 3 is 2.55 bits per heavy atom. The van der Waals surface area contributed by atoms with Crippen molar-refractivity contribution in [3.63, 3.8) is 0 Å². The Morgan fingerprint density at radius 1 is 1.07 bits per heavy atom. The van der Waals surface area contributed by atoms with Gasteiger partial charge in [0.25, 0.3) is 0 Å². The summed E-state index contributed by atoms with van der Waals surface area (Å²) in [7, 11) is 0. The average molecular weight is 518 g/mol. The molecule has 2 aromatic carbocycles. The van der Waals surface area contributed by atoms with Crippen LogP contribution in [0.4, 0.5) is 5.69 Å². The van der Waals surface area contributed by atoms with Crippen molar-refractivity contribution in [1.29, 1.82) is 5.26 Å². The topological polar surface area (TPSA) is 55.3 Å². The van der Waals surface area contributed by atoms with Gasteiger partial charge in [-0.2, -0.15) is 5.26 Å². The molecule has 0 amide bonds. The average Bonchev–Trinajstić information content (AvgIpc) is 3.22. The summed E-state index contributed by atoms with van der Waals surface area (Å²) in [5.74, 6) is 0.758. The third-order valence-electron chi connectivity index (χ3n) is 5.28. The van der Waals surface area contributed by atoms with Gasteiger partial charge in [0.05, 0.1) is 27.2 Å². The fraction of sp³-hybridized carbons (Fsp3) is 0.318. The summed E-state index contributed by atoms with van der Waals surface area (Å²) in [4.78, 5) is 8.28. The molecule has 1 fully saturated rings. The van der Waals surface area contributed by atoms with Crippen molar-refractivity contribution in [2.45, 2.75) is 6.42 Å². The lowest BCUT2D eigenvalue weighted by Crippen LogP contribution is -2.46. The van der Waals surface area contributed by atoms with Crippen molar-refractivity contribution in [3.8, 4) is 11.8 Å². The molecule has 0 bridgehead atoms. The van der Waals surface area contributed by atoms with Crippen LogP contribution in [0.25, 0.3) is 10.9 Å². The van der Waals surface area contributed by atoms with Gasteiger partial charge in [0.15, 0.2) is 0 Å². The summed E-state index contributed by atoms with van der Waals surface area (Å²) in [5, 5.41) is 10.3. The van der Waals surface area contributed by atoms with Crippen LogP contribution in [0.1, 0.15) is 12.0 Å². The number of nitrogens with one attached hydrogen (secondary N) is 1. The lowest BCUT2D eigenvalue weighted by molar-refractivity contribution is 0.224. The zero-order chi connectivity index (χ0) is 20.2. The molecule has 1 saturated heterocycles. The second-order valence-electron chi connectivity index (χ2n) is 7.13. The summed E-state index contributed by atoms with van der Waals surface area (Å²) >= 11 is 6.97. The number of benzene rings is 2. The number of hydrogen-bond acceptors (Lipinski definition) is 4. The molecule has 0 spiro atoms. The number of anilines is 1. The minimum atomic E-state index is 0.601. The molecule has 1 aromatic heterocycles. The Morgan fingerprint density at radius 2 is 1.83 bits per heavy atom. The van der Waals surface area contributed by atoms with E-state index in [1.807, 2.05) is 6.20 Å². The van der Waals surface area contributed by atoms with Crippen LogP contribution in [0.2, 0.25) is 0 Å². The van der Waals surface area contributed by atoms with E-state index in [1.54, 1.807) is 12.1 Å². The second-order valence-corrected chi connectivity index (χ2v) is 8.84. The van der Waals surface area contributed by atoms with E-state index >= 15 is 0 Å². The Hall–Kier alpha value is -2.01. The number of nitriles is 1. The van der Waals surface area contributed by atoms with Gasteiger partial charge in [-0.3, -0.25) is 4.90 Å². The number of hydrogen-bond donors (Lipinski definition) is 1. The van der Waals surface area contributed by atoms with E-state index in [4.69, 9.17) is 10.00 Å². The molecule has 0 aliphatic carbocycles. The van der Waals surface area contributed by atoms with Crippen LogP contribution >= 0.6 is 31.9 Å². The van der Waals surface area contributed by atoms with Gasteiger partial charge >= 0.3 is 0 Å². The van der Waals surface area contributed by atoms with E-state index in [1.165, 1.54) is 16.6 Å². The van der Waals surface area contributed by atoms with Gasteiger partial charge in [0.2, 0.25) is 0 Å². The van der Waals surface area contributed by atoms with E-state index in [0.717, 1.165) is 53.8 Å². The maximum atomic E-state index is 9.03. The summed E-state index contributed by atoms with van der Waals surface area (Å²) in [5.41, 5.74) is 3.12. The van der Waals surface area contributed by atoms with Crippen LogP contribution in [0.5, 0.6) is 5.75 Å². The van der Waals surface area contributed by atoms with Gasteiger partial charge in [0.1, 0.15) is 5.75 Å². The molecule has 0 unspecified atom stereocenters. The van der Waals surface area contributed by atoms with Crippen molar-refractivity contribution >= 4 is 48.5 Å². The number of halogens is 2. The first-order valence-corrected chi connectivity index (χ1v) is 11.3. The fourth-order valence-electron chi connectivity index (χ4n) is 3.78. The molecule has 2 heterocycles. The molecule has 1 aliphatic rings. The summed E-state index contributed by atoms with van der Waals surface area (Å²) in [6, 6.07) is 14.3. The van der Waals surface area contributed by atoms with Gasteiger partial charge in [-0.15, -0.1) is 0 Å². The number of aromatic nitrogens is 1. The molecular formula is C22H22Br2N4O. The van der Waals surface area contributed by atoms with Crippen LogP contribution < -0.4 is 9.64 Å². The zero-order valence-corrected chi connectivity index (χ0v) is 19.2. The van der Waals surface area contributed by atoms with Gasteiger partial charge in [-0.25, -0.2) is 0 Å². The van der Waals surface area contributed by atoms with Gasteiger partial charge in [-0.1, -0.05) is 6.07 Å².